The van der Waals surface area contributed by atoms with E-state index < -0.39 is 0 Å². The van der Waals surface area contributed by atoms with Crippen molar-refractivity contribution in [1.29, 1.82) is 5.26 Å². The molecule has 5 nitrogen and oxygen atoms in total. The monoisotopic (exact) mass is 272 g/mol. The van der Waals surface area contributed by atoms with E-state index in [1.807, 2.05) is 23.7 Å². The fourth-order valence-electron chi connectivity index (χ4n) is 2.17. The average molecular weight is 272 g/mol. The first-order chi connectivity index (χ1) is 9.74. The molecule has 1 fully saturated rings. The second kappa shape index (κ2) is 6.90. The highest BCUT2D eigenvalue weighted by Crippen LogP contribution is 2.28. The third kappa shape index (κ3) is 3.47. The number of carbonyl (C=O) groups excluding carboxylic acids is 1. The van der Waals surface area contributed by atoms with Gasteiger partial charge in [0.1, 0.15) is 11.6 Å². The first-order valence-corrected chi connectivity index (χ1v) is 7.16. The van der Waals surface area contributed by atoms with E-state index in [4.69, 9.17) is 5.26 Å². The molecule has 0 atom stereocenters. The highest BCUT2D eigenvalue weighted by molar-refractivity contribution is 6.01. The maximum atomic E-state index is 11.8. The molecular weight excluding hydrogens is 252 g/mol. The van der Waals surface area contributed by atoms with Gasteiger partial charge < -0.3 is 5.32 Å². The van der Waals surface area contributed by atoms with Gasteiger partial charge in [-0.15, -0.1) is 0 Å². The Labute approximate surface area is 119 Å². The predicted octanol–water partition coefficient (Wildman–Crippen LogP) is 2.12. The summed E-state index contributed by atoms with van der Waals surface area (Å²) in [6.07, 6.45) is 7.96. The van der Waals surface area contributed by atoms with Crippen molar-refractivity contribution in [1.82, 2.24) is 15.1 Å². The van der Waals surface area contributed by atoms with Crippen molar-refractivity contribution < 1.29 is 4.79 Å². The molecule has 0 aromatic carbocycles. The summed E-state index contributed by atoms with van der Waals surface area (Å²) in [5, 5.41) is 16.1. The zero-order valence-electron chi connectivity index (χ0n) is 11.8. The molecule has 1 aromatic rings. The molecular formula is C15H20N4O. The maximum Gasteiger partial charge on any atom is 0.262 e. The molecule has 0 radical (unpaired) electrons. The third-order valence-electron chi connectivity index (χ3n) is 3.60. The van der Waals surface area contributed by atoms with Crippen LogP contribution in [0.5, 0.6) is 0 Å². The van der Waals surface area contributed by atoms with Crippen LogP contribution in [0, 0.1) is 17.2 Å². The Balaban J connectivity index is 2.09. The lowest BCUT2D eigenvalue weighted by molar-refractivity contribution is -0.117. The van der Waals surface area contributed by atoms with E-state index in [1.165, 1.54) is 19.3 Å². The Morgan fingerprint density at radius 2 is 2.45 bits per heavy atom. The lowest BCUT2D eigenvalue weighted by Crippen LogP contribution is -2.25. The van der Waals surface area contributed by atoms with Crippen LogP contribution in [0.4, 0.5) is 0 Å². The SMILES string of the molecule is CCCNC(=O)/C(C#N)=C/c1ccnn1CC1CCC1. The molecule has 0 aliphatic heterocycles. The Kier molecular flexibility index (Phi) is 4.94. The van der Waals surface area contributed by atoms with Gasteiger partial charge in [0.05, 0.1) is 5.69 Å². The van der Waals surface area contributed by atoms with Gasteiger partial charge in [-0.25, -0.2) is 0 Å². The molecule has 0 unspecified atom stereocenters. The maximum absolute atomic E-state index is 11.8. The van der Waals surface area contributed by atoms with Crippen LogP contribution in [0.2, 0.25) is 0 Å². The van der Waals surface area contributed by atoms with Gasteiger partial charge in [-0.05, 0) is 37.3 Å². The number of rotatable bonds is 6. The van der Waals surface area contributed by atoms with E-state index in [-0.39, 0.29) is 11.5 Å². The molecule has 1 aliphatic rings. The van der Waals surface area contributed by atoms with Crippen LogP contribution >= 0.6 is 0 Å². The van der Waals surface area contributed by atoms with Crippen molar-refractivity contribution in [3.05, 3.63) is 23.5 Å². The number of carbonyl (C=O) groups is 1. The van der Waals surface area contributed by atoms with Gasteiger partial charge in [-0.2, -0.15) is 10.4 Å². The molecule has 106 valence electrons. The summed E-state index contributed by atoms with van der Waals surface area (Å²) in [4.78, 5) is 11.8. The topological polar surface area (TPSA) is 70.7 Å². The van der Waals surface area contributed by atoms with Crippen molar-refractivity contribution >= 4 is 12.0 Å². The normalized spacial score (nSPS) is 15.5. The highest BCUT2D eigenvalue weighted by atomic mass is 16.1. The number of hydrogen-bond donors (Lipinski definition) is 1. The van der Waals surface area contributed by atoms with Crippen LogP contribution in [0.25, 0.3) is 6.08 Å². The van der Waals surface area contributed by atoms with Crippen LogP contribution in [-0.4, -0.2) is 22.2 Å². The lowest BCUT2D eigenvalue weighted by atomic mass is 9.85. The molecule has 2 rings (SSSR count). The third-order valence-corrected chi connectivity index (χ3v) is 3.60. The fraction of sp³-hybridized carbons (Fsp3) is 0.533. The number of hydrogen-bond acceptors (Lipinski definition) is 3. The second-order valence-electron chi connectivity index (χ2n) is 5.16. The standard InChI is InChI=1S/C15H20N4O/c1-2-7-17-15(20)13(10-16)9-14-6-8-18-19(14)11-12-4-3-5-12/h6,8-9,12H,2-5,7,11H2,1H3,(H,17,20)/b13-9+. The Morgan fingerprint density at radius 1 is 1.65 bits per heavy atom. The van der Waals surface area contributed by atoms with Crippen LogP contribution in [0.1, 0.15) is 38.3 Å². The van der Waals surface area contributed by atoms with E-state index in [2.05, 4.69) is 10.4 Å². The van der Waals surface area contributed by atoms with Crippen molar-refractivity contribution in [3.63, 3.8) is 0 Å². The summed E-state index contributed by atoms with van der Waals surface area (Å²) < 4.78 is 1.88. The van der Waals surface area contributed by atoms with E-state index in [0.717, 1.165) is 18.7 Å². The Morgan fingerprint density at radius 3 is 3.05 bits per heavy atom. The Hall–Kier alpha value is -2.09. The number of nitrogens with zero attached hydrogens (tertiary/aromatic N) is 3. The van der Waals surface area contributed by atoms with Gasteiger partial charge in [0.2, 0.25) is 0 Å². The molecule has 0 spiro atoms. The summed E-state index contributed by atoms with van der Waals surface area (Å²) >= 11 is 0. The van der Waals surface area contributed by atoms with Crippen molar-refractivity contribution in [2.75, 3.05) is 6.54 Å². The number of amides is 1. The van der Waals surface area contributed by atoms with Gasteiger partial charge in [0.25, 0.3) is 5.91 Å². The van der Waals surface area contributed by atoms with Crippen molar-refractivity contribution in [3.8, 4) is 6.07 Å². The van der Waals surface area contributed by atoms with Gasteiger partial charge in [0.15, 0.2) is 0 Å². The quantitative estimate of drug-likeness (QED) is 0.637. The van der Waals surface area contributed by atoms with Crippen LogP contribution in [0.3, 0.4) is 0 Å². The predicted molar refractivity (Wildman–Crippen MR) is 76.5 cm³/mol. The minimum Gasteiger partial charge on any atom is -0.351 e. The number of nitrogens with one attached hydrogen (secondary N) is 1. The van der Waals surface area contributed by atoms with Gasteiger partial charge >= 0.3 is 0 Å². The van der Waals surface area contributed by atoms with Crippen molar-refractivity contribution in [2.45, 2.75) is 39.2 Å². The van der Waals surface area contributed by atoms with Crippen molar-refractivity contribution in [2.24, 2.45) is 5.92 Å². The summed E-state index contributed by atoms with van der Waals surface area (Å²) in [5.74, 6) is 0.368. The fourth-order valence-corrected chi connectivity index (χ4v) is 2.17. The molecule has 1 heterocycles. The van der Waals surface area contributed by atoms with E-state index in [1.54, 1.807) is 12.3 Å². The summed E-state index contributed by atoms with van der Waals surface area (Å²) in [6, 6.07) is 3.80. The first kappa shape index (κ1) is 14.3. The molecule has 1 saturated carbocycles. The van der Waals surface area contributed by atoms with Crippen LogP contribution in [-0.2, 0) is 11.3 Å². The van der Waals surface area contributed by atoms with Gasteiger partial charge in [0, 0.05) is 19.3 Å². The lowest BCUT2D eigenvalue weighted by Gasteiger charge is -2.25. The zero-order chi connectivity index (χ0) is 14.4. The molecule has 5 heteroatoms. The molecule has 1 aromatic heterocycles. The average Bonchev–Trinajstić information content (AvgIpc) is 2.84. The molecule has 1 N–H and O–H groups in total. The van der Waals surface area contributed by atoms with E-state index in [0.29, 0.717) is 12.5 Å². The largest absolute Gasteiger partial charge is 0.351 e. The highest BCUT2D eigenvalue weighted by Gasteiger charge is 2.19. The molecule has 0 saturated heterocycles. The molecule has 1 aliphatic carbocycles. The van der Waals surface area contributed by atoms with Crippen LogP contribution < -0.4 is 5.32 Å². The Bertz CT molecular complexity index is 534. The minimum absolute atomic E-state index is 0.133. The smallest absolute Gasteiger partial charge is 0.262 e. The van der Waals surface area contributed by atoms with E-state index >= 15 is 0 Å². The zero-order valence-corrected chi connectivity index (χ0v) is 11.8. The van der Waals surface area contributed by atoms with Gasteiger partial charge in [-0.1, -0.05) is 13.3 Å². The molecule has 0 bridgehead atoms. The first-order valence-electron chi connectivity index (χ1n) is 7.16. The summed E-state index contributed by atoms with van der Waals surface area (Å²) in [7, 11) is 0. The number of nitriles is 1. The molecule has 20 heavy (non-hydrogen) atoms. The minimum atomic E-state index is -0.314. The summed E-state index contributed by atoms with van der Waals surface area (Å²) in [6.45, 7) is 3.43. The summed E-state index contributed by atoms with van der Waals surface area (Å²) in [5.41, 5.74) is 0.953. The second-order valence-corrected chi connectivity index (χ2v) is 5.16. The van der Waals surface area contributed by atoms with Crippen LogP contribution in [0.15, 0.2) is 17.8 Å². The number of aromatic nitrogens is 2. The van der Waals surface area contributed by atoms with E-state index in [9.17, 15) is 4.79 Å². The van der Waals surface area contributed by atoms with Gasteiger partial charge in [-0.3, -0.25) is 9.48 Å². The molecule has 1 amide bonds.